The number of ether oxygens (including phenoxy) is 1. The normalized spacial score (nSPS) is 14.8. The summed E-state index contributed by atoms with van der Waals surface area (Å²) < 4.78 is 10.1. The first-order chi connectivity index (χ1) is 11.1. The number of thiocarbonyl (C=S) groups is 1. The number of hydrogen-bond acceptors (Lipinski definition) is 5. The molecule has 23 heavy (non-hydrogen) atoms. The van der Waals surface area contributed by atoms with Crippen molar-refractivity contribution in [1.82, 2.24) is 15.1 Å². The van der Waals surface area contributed by atoms with E-state index < -0.39 is 0 Å². The Morgan fingerprint density at radius 1 is 1.35 bits per heavy atom. The van der Waals surface area contributed by atoms with Crippen molar-refractivity contribution >= 4 is 35.4 Å². The van der Waals surface area contributed by atoms with Gasteiger partial charge >= 0.3 is 6.09 Å². The Balaban J connectivity index is 1.76. The standard InChI is InChI=1S/C15H19N3O4S/c1-2-21-15(20)18-9-7-17(8-10-18)14(23)16-13(19)6-5-12-4-3-11-22-12/h3-6,11H,2,7-10H2,1H3,(H,16,19,23)/b6-5+. The molecule has 0 aromatic carbocycles. The highest BCUT2D eigenvalue weighted by Crippen LogP contribution is 2.05. The van der Waals surface area contributed by atoms with Crippen LogP contribution in [-0.2, 0) is 9.53 Å². The van der Waals surface area contributed by atoms with Gasteiger partial charge in [-0.1, -0.05) is 0 Å². The number of carbonyl (C=O) groups is 2. The van der Waals surface area contributed by atoms with Crippen molar-refractivity contribution in [3.63, 3.8) is 0 Å². The van der Waals surface area contributed by atoms with E-state index in [1.807, 2.05) is 4.90 Å². The molecular weight excluding hydrogens is 318 g/mol. The van der Waals surface area contributed by atoms with Crippen molar-refractivity contribution in [2.45, 2.75) is 6.92 Å². The smallest absolute Gasteiger partial charge is 0.409 e. The fourth-order valence-electron chi connectivity index (χ4n) is 2.08. The van der Waals surface area contributed by atoms with Crippen LogP contribution in [0.1, 0.15) is 12.7 Å². The third-order valence-electron chi connectivity index (χ3n) is 3.27. The number of amides is 2. The van der Waals surface area contributed by atoms with E-state index in [-0.39, 0.29) is 12.0 Å². The van der Waals surface area contributed by atoms with Gasteiger partial charge in [0.1, 0.15) is 5.76 Å². The van der Waals surface area contributed by atoms with E-state index in [4.69, 9.17) is 21.4 Å². The van der Waals surface area contributed by atoms with Gasteiger partial charge < -0.3 is 19.0 Å². The first-order valence-electron chi connectivity index (χ1n) is 7.33. The van der Waals surface area contributed by atoms with Gasteiger partial charge in [0.2, 0.25) is 5.91 Å². The summed E-state index contributed by atoms with van der Waals surface area (Å²) in [4.78, 5) is 26.9. The van der Waals surface area contributed by atoms with Crippen LogP contribution in [0.5, 0.6) is 0 Å². The molecule has 7 nitrogen and oxygen atoms in total. The summed E-state index contributed by atoms with van der Waals surface area (Å²) in [6, 6.07) is 3.49. The van der Waals surface area contributed by atoms with Crippen LogP contribution in [0.3, 0.4) is 0 Å². The molecule has 1 aliphatic rings. The summed E-state index contributed by atoms with van der Waals surface area (Å²) in [5.41, 5.74) is 0. The minimum absolute atomic E-state index is 0.316. The highest BCUT2D eigenvalue weighted by molar-refractivity contribution is 7.80. The van der Waals surface area contributed by atoms with Crippen molar-refractivity contribution in [3.05, 3.63) is 30.2 Å². The van der Waals surface area contributed by atoms with Crippen molar-refractivity contribution < 1.29 is 18.7 Å². The number of carbonyl (C=O) groups excluding carboxylic acids is 2. The average molecular weight is 337 g/mol. The highest BCUT2D eigenvalue weighted by atomic mass is 32.1. The molecule has 1 aromatic heterocycles. The molecule has 1 N–H and O–H groups in total. The molecule has 2 amide bonds. The molecule has 0 aliphatic carbocycles. The molecule has 1 saturated heterocycles. The van der Waals surface area contributed by atoms with Crippen molar-refractivity contribution in [2.75, 3.05) is 32.8 Å². The molecule has 0 atom stereocenters. The zero-order valence-electron chi connectivity index (χ0n) is 12.9. The molecule has 0 saturated carbocycles. The Morgan fingerprint density at radius 3 is 2.65 bits per heavy atom. The molecule has 2 heterocycles. The fraction of sp³-hybridized carbons (Fsp3) is 0.400. The number of furan rings is 1. The van der Waals surface area contributed by atoms with Gasteiger partial charge in [-0.05, 0) is 37.4 Å². The molecule has 1 aliphatic heterocycles. The Bertz CT molecular complexity index is 578. The molecule has 0 spiro atoms. The van der Waals surface area contributed by atoms with E-state index in [1.54, 1.807) is 30.0 Å². The van der Waals surface area contributed by atoms with E-state index in [0.717, 1.165) is 0 Å². The zero-order valence-corrected chi connectivity index (χ0v) is 13.7. The van der Waals surface area contributed by atoms with Gasteiger partial charge in [-0.25, -0.2) is 4.79 Å². The second kappa shape index (κ2) is 8.33. The maximum Gasteiger partial charge on any atom is 0.409 e. The van der Waals surface area contributed by atoms with Gasteiger partial charge in [0, 0.05) is 32.3 Å². The summed E-state index contributed by atoms with van der Waals surface area (Å²) in [5, 5.41) is 2.99. The molecular formula is C15H19N3O4S. The van der Waals surface area contributed by atoms with Crippen LogP contribution in [0.25, 0.3) is 6.08 Å². The Hall–Kier alpha value is -2.35. The number of rotatable bonds is 3. The maximum atomic E-state index is 11.8. The van der Waals surface area contributed by atoms with E-state index in [9.17, 15) is 9.59 Å². The van der Waals surface area contributed by atoms with Crippen molar-refractivity contribution in [1.29, 1.82) is 0 Å². The minimum atomic E-state index is -0.320. The highest BCUT2D eigenvalue weighted by Gasteiger charge is 2.23. The number of nitrogens with zero attached hydrogens (tertiary/aromatic N) is 2. The fourth-order valence-corrected chi connectivity index (χ4v) is 2.36. The van der Waals surface area contributed by atoms with Crippen LogP contribution in [-0.4, -0.2) is 59.7 Å². The Morgan fingerprint density at radius 2 is 2.04 bits per heavy atom. The molecule has 8 heteroatoms. The van der Waals surface area contributed by atoms with Gasteiger partial charge in [0.25, 0.3) is 0 Å². The molecule has 0 radical (unpaired) electrons. The SMILES string of the molecule is CCOC(=O)N1CCN(C(=S)NC(=O)/C=C/c2ccco2)CC1. The Kier molecular flexibility index (Phi) is 6.16. The predicted octanol–water partition coefficient (Wildman–Crippen LogP) is 1.47. The largest absolute Gasteiger partial charge is 0.465 e. The Labute approximate surface area is 139 Å². The summed E-state index contributed by atoms with van der Waals surface area (Å²) >= 11 is 5.22. The average Bonchev–Trinajstić information content (AvgIpc) is 3.07. The lowest BCUT2D eigenvalue weighted by molar-refractivity contribution is -0.115. The van der Waals surface area contributed by atoms with Crippen LogP contribution in [0.2, 0.25) is 0 Å². The monoisotopic (exact) mass is 337 g/mol. The van der Waals surface area contributed by atoms with E-state index >= 15 is 0 Å². The molecule has 2 rings (SSSR count). The maximum absolute atomic E-state index is 11.8. The summed E-state index contributed by atoms with van der Waals surface area (Å²) in [7, 11) is 0. The second-order valence-electron chi connectivity index (χ2n) is 4.82. The van der Waals surface area contributed by atoms with Gasteiger partial charge in [0.05, 0.1) is 12.9 Å². The number of nitrogens with one attached hydrogen (secondary N) is 1. The third kappa shape index (κ3) is 5.10. The van der Waals surface area contributed by atoms with Gasteiger partial charge in [-0.3, -0.25) is 10.1 Å². The topological polar surface area (TPSA) is 75.0 Å². The molecule has 0 bridgehead atoms. The zero-order chi connectivity index (χ0) is 16.7. The van der Waals surface area contributed by atoms with Crippen LogP contribution < -0.4 is 5.32 Å². The van der Waals surface area contributed by atoms with Crippen LogP contribution in [0.4, 0.5) is 4.79 Å². The van der Waals surface area contributed by atoms with Crippen molar-refractivity contribution in [2.24, 2.45) is 0 Å². The lowest BCUT2D eigenvalue weighted by atomic mass is 10.3. The van der Waals surface area contributed by atoms with Gasteiger partial charge in [-0.15, -0.1) is 0 Å². The summed E-state index contributed by atoms with van der Waals surface area (Å²) in [5.74, 6) is 0.272. The van der Waals surface area contributed by atoms with Crippen LogP contribution >= 0.6 is 12.2 Å². The first-order valence-corrected chi connectivity index (χ1v) is 7.74. The lowest BCUT2D eigenvalue weighted by Crippen LogP contribution is -2.53. The quantitative estimate of drug-likeness (QED) is 0.665. The molecule has 0 unspecified atom stereocenters. The van der Waals surface area contributed by atoms with Crippen LogP contribution in [0, 0.1) is 0 Å². The predicted molar refractivity (Wildman–Crippen MR) is 88.7 cm³/mol. The summed E-state index contributed by atoms with van der Waals surface area (Å²) in [6.45, 7) is 4.26. The van der Waals surface area contributed by atoms with E-state index in [1.165, 1.54) is 12.3 Å². The molecule has 1 fully saturated rings. The lowest BCUT2D eigenvalue weighted by Gasteiger charge is -2.35. The molecule has 1 aromatic rings. The number of hydrogen-bond donors (Lipinski definition) is 1. The van der Waals surface area contributed by atoms with E-state index in [0.29, 0.717) is 43.7 Å². The van der Waals surface area contributed by atoms with Crippen LogP contribution in [0.15, 0.2) is 28.9 Å². The van der Waals surface area contributed by atoms with Crippen molar-refractivity contribution in [3.8, 4) is 0 Å². The second-order valence-corrected chi connectivity index (χ2v) is 5.20. The summed E-state index contributed by atoms with van der Waals surface area (Å²) in [6.07, 6.45) is 4.14. The minimum Gasteiger partial charge on any atom is -0.465 e. The number of piperazine rings is 1. The first kappa shape index (κ1) is 17.0. The third-order valence-corrected chi connectivity index (χ3v) is 3.63. The van der Waals surface area contributed by atoms with Gasteiger partial charge in [-0.2, -0.15) is 0 Å². The molecule has 124 valence electrons. The van der Waals surface area contributed by atoms with E-state index in [2.05, 4.69) is 5.32 Å². The van der Waals surface area contributed by atoms with Gasteiger partial charge in [0.15, 0.2) is 5.11 Å².